The Hall–Kier alpha value is -1.07. The third kappa shape index (κ3) is 3.30. The highest BCUT2D eigenvalue weighted by Gasteiger charge is 2.37. The van der Waals surface area contributed by atoms with Crippen molar-refractivity contribution < 1.29 is 4.79 Å². The maximum atomic E-state index is 12.7. The molecule has 3 rings (SSSR count). The predicted octanol–water partition coefficient (Wildman–Crippen LogP) is 2.01. The molecule has 1 aromatic heterocycles. The van der Waals surface area contributed by atoms with E-state index in [-0.39, 0.29) is 18.3 Å². The minimum Gasteiger partial charge on any atom is -0.339 e. The number of aryl methyl sites for hydroxylation is 2. The van der Waals surface area contributed by atoms with Crippen LogP contribution in [0.1, 0.15) is 48.7 Å². The second-order valence-electron chi connectivity index (χ2n) is 6.56. The van der Waals surface area contributed by atoms with E-state index in [4.69, 9.17) is 0 Å². The number of hydrogen-bond acceptors (Lipinski definition) is 3. The second-order valence-corrected chi connectivity index (χ2v) is 6.56. The Bertz CT molecular complexity index is 512. The first-order valence-corrected chi connectivity index (χ1v) is 8.16. The van der Waals surface area contributed by atoms with Crippen molar-refractivity contribution in [2.24, 2.45) is 12.5 Å². The van der Waals surface area contributed by atoms with Gasteiger partial charge in [-0.1, -0.05) is 6.92 Å². The summed E-state index contributed by atoms with van der Waals surface area (Å²) in [5.41, 5.74) is 2.20. The van der Waals surface area contributed by atoms with Gasteiger partial charge in [0.1, 0.15) is 0 Å². The number of halogens is 1. The first kappa shape index (κ1) is 17.3. The monoisotopic (exact) mass is 326 g/mol. The van der Waals surface area contributed by atoms with Crippen molar-refractivity contribution in [2.45, 2.75) is 39.0 Å². The number of piperidine rings is 2. The topological polar surface area (TPSA) is 50.2 Å². The summed E-state index contributed by atoms with van der Waals surface area (Å²) in [6.07, 6.45) is 7.52. The molecule has 0 saturated carbocycles. The SMILES string of the molecule is CCc1nn(C)cc1C(=O)N1CCC2(CCNCC2)CC1.Cl. The van der Waals surface area contributed by atoms with Crippen LogP contribution in [0.3, 0.4) is 0 Å². The molecule has 2 fully saturated rings. The Morgan fingerprint density at radius 3 is 2.50 bits per heavy atom. The summed E-state index contributed by atoms with van der Waals surface area (Å²) in [5.74, 6) is 0.170. The molecule has 0 unspecified atom stereocenters. The number of carbonyl (C=O) groups is 1. The van der Waals surface area contributed by atoms with Crippen molar-refractivity contribution in [1.29, 1.82) is 0 Å². The van der Waals surface area contributed by atoms with Gasteiger partial charge in [0, 0.05) is 26.3 Å². The van der Waals surface area contributed by atoms with Crippen molar-refractivity contribution in [3.05, 3.63) is 17.5 Å². The Morgan fingerprint density at radius 1 is 1.27 bits per heavy atom. The smallest absolute Gasteiger partial charge is 0.257 e. The van der Waals surface area contributed by atoms with Crippen LogP contribution >= 0.6 is 12.4 Å². The predicted molar refractivity (Wildman–Crippen MR) is 89.5 cm³/mol. The average molecular weight is 327 g/mol. The van der Waals surface area contributed by atoms with Gasteiger partial charge >= 0.3 is 0 Å². The molecule has 5 nitrogen and oxygen atoms in total. The lowest BCUT2D eigenvalue weighted by atomic mass is 9.71. The molecule has 124 valence electrons. The molecule has 1 N–H and O–H groups in total. The van der Waals surface area contributed by atoms with Crippen LogP contribution in [-0.4, -0.2) is 46.8 Å². The maximum absolute atomic E-state index is 12.7. The Morgan fingerprint density at radius 2 is 1.91 bits per heavy atom. The number of carbonyl (C=O) groups excluding carboxylic acids is 1. The van der Waals surface area contributed by atoms with Crippen LogP contribution in [0.15, 0.2) is 6.20 Å². The number of likely N-dealkylation sites (tertiary alicyclic amines) is 1. The van der Waals surface area contributed by atoms with Gasteiger partial charge in [-0.2, -0.15) is 5.10 Å². The molecule has 0 radical (unpaired) electrons. The van der Waals surface area contributed by atoms with E-state index in [1.807, 2.05) is 18.1 Å². The van der Waals surface area contributed by atoms with Gasteiger partial charge in [-0.15, -0.1) is 12.4 Å². The molecule has 1 spiro atoms. The van der Waals surface area contributed by atoms with E-state index in [0.717, 1.165) is 56.7 Å². The van der Waals surface area contributed by atoms with Crippen molar-refractivity contribution >= 4 is 18.3 Å². The van der Waals surface area contributed by atoms with E-state index < -0.39 is 0 Å². The van der Waals surface area contributed by atoms with Gasteiger partial charge in [-0.05, 0) is 50.6 Å². The summed E-state index contributed by atoms with van der Waals surface area (Å²) in [6, 6.07) is 0. The lowest BCUT2D eigenvalue weighted by molar-refractivity contribution is 0.0495. The highest BCUT2D eigenvalue weighted by molar-refractivity contribution is 5.95. The maximum Gasteiger partial charge on any atom is 0.257 e. The summed E-state index contributed by atoms with van der Waals surface area (Å²) in [4.78, 5) is 14.8. The summed E-state index contributed by atoms with van der Waals surface area (Å²) in [6.45, 7) is 6.13. The first-order valence-electron chi connectivity index (χ1n) is 8.16. The standard InChI is InChI=1S/C16H26N4O.ClH/c1-3-14-13(12-19(2)18-14)15(21)20-10-6-16(7-11-20)4-8-17-9-5-16;/h12,17H,3-11H2,1-2H3;1H. The van der Waals surface area contributed by atoms with Gasteiger partial charge in [0.15, 0.2) is 0 Å². The third-order valence-corrected chi connectivity index (χ3v) is 5.25. The van der Waals surface area contributed by atoms with Crippen LogP contribution in [-0.2, 0) is 13.5 Å². The van der Waals surface area contributed by atoms with E-state index in [9.17, 15) is 4.79 Å². The van der Waals surface area contributed by atoms with Crippen molar-refractivity contribution in [2.75, 3.05) is 26.2 Å². The van der Waals surface area contributed by atoms with Gasteiger partial charge in [0.25, 0.3) is 5.91 Å². The van der Waals surface area contributed by atoms with Crippen molar-refractivity contribution in [1.82, 2.24) is 20.0 Å². The normalized spacial score (nSPS) is 20.7. The fourth-order valence-corrected chi connectivity index (χ4v) is 3.79. The number of aromatic nitrogens is 2. The van der Waals surface area contributed by atoms with Crippen LogP contribution in [0.25, 0.3) is 0 Å². The first-order chi connectivity index (χ1) is 10.1. The second kappa shape index (κ2) is 7.01. The van der Waals surface area contributed by atoms with Gasteiger partial charge < -0.3 is 10.2 Å². The van der Waals surface area contributed by atoms with Crippen LogP contribution in [0.5, 0.6) is 0 Å². The number of nitrogens with zero attached hydrogens (tertiary/aromatic N) is 3. The molecule has 1 amide bonds. The molecule has 1 aromatic rings. The third-order valence-electron chi connectivity index (χ3n) is 5.25. The largest absolute Gasteiger partial charge is 0.339 e. The zero-order valence-corrected chi connectivity index (χ0v) is 14.4. The molecule has 0 bridgehead atoms. The molecule has 2 aliphatic heterocycles. The molecule has 3 heterocycles. The van der Waals surface area contributed by atoms with Crippen LogP contribution in [0.4, 0.5) is 0 Å². The van der Waals surface area contributed by atoms with Crippen LogP contribution in [0, 0.1) is 5.41 Å². The van der Waals surface area contributed by atoms with E-state index in [1.54, 1.807) is 4.68 Å². The lowest BCUT2D eigenvalue weighted by Crippen LogP contribution is -2.47. The van der Waals surface area contributed by atoms with E-state index in [1.165, 1.54) is 12.8 Å². The summed E-state index contributed by atoms with van der Waals surface area (Å²) >= 11 is 0. The van der Waals surface area contributed by atoms with E-state index in [2.05, 4.69) is 17.3 Å². The van der Waals surface area contributed by atoms with Crippen LogP contribution in [0.2, 0.25) is 0 Å². The Labute approximate surface area is 138 Å². The Kier molecular flexibility index (Phi) is 5.50. The molecule has 6 heteroatoms. The fraction of sp³-hybridized carbons (Fsp3) is 0.750. The van der Waals surface area contributed by atoms with Crippen molar-refractivity contribution in [3.8, 4) is 0 Å². The minimum atomic E-state index is 0. The number of nitrogens with one attached hydrogen (secondary N) is 1. The average Bonchev–Trinajstić information content (AvgIpc) is 2.89. The quantitative estimate of drug-likeness (QED) is 0.904. The number of amides is 1. The van der Waals surface area contributed by atoms with Gasteiger partial charge in [0.2, 0.25) is 0 Å². The Balaban J connectivity index is 0.00000176. The highest BCUT2D eigenvalue weighted by atomic mass is 35.5. The number of hydrogen-bond donors (Lipinski definition) is 1. The molecule has 0 aliphatic carbocycles. The number of rotatable bonds is 2. The summed E-state index contributed by atoms with van der Waals surface area (Å²) < 4.78 is 1.75. The van der Waals surface area contributed by atoms with E-state index >= 15 is 0 Å². The summed E-state index contributed by atoms with van der Waals surface area (Å²) in [5, 5.41) is 7.83. The molecule has 22 heavy (non-hydrogen) atoms. The van der Waals surface area contributed by atoms with Gasteiger partial charge in [-0.25, -0.2) is 0 Å². The minimum absolute atomic E-state index is 0. The molecular formula is C16H27ClN4O. The lowest BCUT2D eigenvalue weighted by Gasteiger charge is -2.44. The molecule has 0 aromatic carbocycles. The van der Waals surface area contributed by atoms with Gasteiger partial charge in [-0.3, -0.25) is 9.48 Å². The highest BCUT2D eigenvalue weighted by Crippen LogP contribution is 2.39. The fourth-order valence-electron chi connectivity index (χ4n) is 3.79. The zero-order chi connectivity index (χ0) is 14.9. The zero-order valence-electron chi connectivity index (χ0n) is 13.6. The molecule has 2 aliphatic rings. The molecule has 0 atom stereocenters. The van der Waals surface area contributed by atoms with Gasteiger partial charge in [0.05, 0.1) is 11.3 Å². The molecular weight excluding hydrogens is 300 g/mol. The molecule has 2 saturated heterocycles. The van der Waals surface area contributed by atoms with Crippen molar-refractivity contribution in [3.63, 3.8) is 0 Å². The van der Waals surface area contributed by atoms with E-state index in [0.29, 0.717) is 5.41 Å². The van der Waals surface area contributed by atoms with Crippen LogP contribution < -0.4 is 5.32 Å². The summed E-state index contributed by atoms with van der Waals surface area (Å²) in [7, 11) is 1.89.